The average molecular weight is 534 g/mol. The lowest BCUT2D eigenvalue weighted by Gasteiger charge is -2.09. The van der Waals surface area contributed by atoms with Crippen LogP contribution in [0, 0.1) is 18.2 Å². The molecule has 4 rings (SSSR count). The van der Waals surface area contributed by atoms with E-state index in [-0.39, 0.29) is 22.7 Å². The predicted molar refractivity (Wildman–Crippen MR) is 132 cm³/mol. The van der Waals surface area contributed by atoms with E-state index in [0.717, 1.165) is 35.6 Å². The Bertz CT molecular complexity index is 1640. The number of hydrogen-bond donors (Lipinski definition) is 1. The molecule has 4 aromatic rings. The minimum atomic E-state index is -3.98. The number of carbonyl (C=O) groups excluding carboxylic acids is 1. The number of carbonyl (C=O) groups is 1. The monoisotopic (exact) mass is 533 g/mol. The van der Waals surface area contributed by atoms with Crippen molar-refractivity contribution < 1.29 is 17.6 Å². The maximum Gasteiger partial charge on any atom is 0.279 e. The highest BCUT2D eigenvalue weighted by Crippen LogP contribution is 2.32. The Labute approximate surface area is 208 Å². The summed E-state index contributed by atoms with van der Waals surface area (Å²) in [6.45, 7) is 0.115. The van der Waals surface area contributed by atoms with Gasteiger partial charge in [0.25, 0.3) is 15.9 Å². The molecule has 3 aromatic carbocycles. The third-order valence-corrected chi connectivity index (χ3v) is 7.90. The molecule has 0 fully saturated rings. The van der Waals surface area contributed by atoms with E-state index in [1.165, 1.54) is 24.3 Å². The van der Waals surface area contributed by atoms with Gasteiger partial charge in [-0.05, 0) is 54.6 Å². The van der Waals surface area contributed by atoms with Gasteiger partial charge in [0, 0.05) is 11.3 Å². The zero-order chi connectivity index (χ0) is 24.5. The Kier molecular flexibility index (Phi) is 6.77. The number of terminal acetylenes is 1. The molecule has 34 heavy (non-hydrogen) atoms. The van der Waals surface area contributed by atoms with Crippen LogP contribution in [0.2, 0.25) is 10.0 Å². The molecule has 1 aromatic heterocycles. The number of benzene rings is 3. The maximum atomic E-state index is 13.1. The molecule has 0 bridgehead atoms. The number of nitrogens with zero attached hydrogens (tertiary/aromatic N) is 2. The smallest absolute Gasteiger partial charge is 0.279 e. The van der Waals surface area contributed by atoms with Crippen LogP contribution in [-0.4, -0.2) is 18.9 Å². The topological polar surface area (TPSA) is 80.5 Å². The van der Waals surface area contributed by atoms with Gasteiger partial charge in [-0.2, -0.15) is 4.99 Å². The number of amides is 1. The van der Waals surface area contributed by atoms with Gasteiger partial charge in [-0.25, -0.2) is 12.8 Å². The molecule has 0 aliphatic rings. The van der Waals surface area contributed by atoms with E-state index < -0.39 is 21.7 Å². The third-order valence-electron chi connectivity index (χ3n) is 4.66. The molecule has 6 nitrogen and oxygen atoms in total. The first-order valence-corrected chi connectivity index (χ1v) is 12.6. The second-order valence-electron chi connectivity index (χ2n) is 6.94. The van der Waals surface area contributed by atoms with Crippen LogP contribution in [-0.2, 0) is 16.6 Å². The van der Waals surface area contributed by atoms with Gasteiger partial charge in [-0.1, -0.05) is 46.5 Å². The number of anilines is 1. The van der Waals surface area contributed by atoms with Crippen LogP contribution in [0.15, 0.2) is 70.6 Å². The summed E-state index contributed by atoms with van der Waals surface area (Å²) < 4.78 is 42.9. The minimum Gasteiger partial charge on any atom is -0.303 e. The zero-order valence-corrected chi connectivity index (χ0v) is 20.3. The van der Waals surface area contributed by atoms with Crippen LogP contribution < -0.4 is 9.52 Å². The molecule has 1 amide bonds. The van der Waals surface area contributed by atoms with E-state index in [9.17, 15) is 17.6 Å². The minimum absolute atomic E-state index is 0.115. The number of nitrogens with one attached hydrogen (secondary N) is 1. The normalized spacial score (nSPS) is 12.0. The predicted octanol–water partition coefficient (Wildman–Crippen LogP) is 5.32. The third kappa shape index (κ3) is 4.86. The molecule has 0 saturated heterocycles. The first kappa shape index (κ1) is 24.0. The summed E-state index contributed by atoms with van der Waals surface area (Å²) in [6, 6.07) is 13.5. The molecular weight excluding hydrogens is 520 g/mol. The highest BCUT2D eigenvalue weighted by Gasteiger charge is 2.17. The van der Waals surface area contributed by atoms with E-state index in [1.54, 1.807) is 16.7 Å². The van der Waals surface area contributed by atoms with Crippen molar-refractivity contribution in [3.8, 4) is 12.3 Å². The van der Waals surface area contributed by atoms with Gasteiger partial charge in [0.1, 0.15) is 5.82 Å². The van der Waals surface area contributed by atoms with Crippen LogP contribution in [0.3, 0.4) is 0 Å². The van der Waals surface area contributed by atoms with Crippen molar-refractivity contribution in [3.05, 3.63) is 86.9 Å². The SMILES string of the molecule is C#CCn1c(=NC(=O)c2cccc(NS(=O)(=O)c3ccc(F)cc3)c2)sc2c(Cl)ccc(Cl)c21. The zero-order valence-electron chi connectivity index (χ0n) is 17.1. The van der Waals surface area contributed by atoms with E-state index in [4.69, 9.17) is 29.6 Å². The number of hydrogen-bond acceptors (Lipinski definition) is 4. The summed E-state index contributed by atoms with van der Waals surface area (Å²) in [7, 11) is -3.98. The molecule has 0 aliphatic heterocycles. The van der Waals surface area contributed by atoms with Crippen LogP contribution in [0.25, 0.3) is 10.2 Å². The van der Waals surface area contributed by atoms with Gasteiger partial charge in [0.15, 0.2) is 4.80 Å². The number of thiazole rings is 1. The van der Waals surface area contributed by atoms with E-state index in [0.29, 0.717) is 25.1 Å². The first-order chi connectivity index (χ1) is 16.2. The fraction of sp³-hybridized carbons (Fsp3) is 0.0435. The molecule has 0 atom stereocenters. The Morgan fingerprint density at radius 1 is 1.12 bits per heavy atom. The Balaban J connectivity index is 1.71. The first-order valence-electron chi connectivity index (χ1n) is 9.58. The number of fused-ring (bicyclic) bond motifs is 1. The van der Waals surface area contributed by atoms with Crippen LogP contribution in [0.5, 0.6) is 0 Å². The second-order valence-corrected chi connectivity index (χ2v) is 10.4. The standard InChI is InChI=1S/C23H14Cl2FN3O3S2/c1-2-12-29-20-18(24)10-11-19(25)21(20)33-23(29)27-22(30)14-4-3-5-16(13-14)28-34(31,32)17-8-6-15(26)7-9-17/h1,3-11,13,28H,12H2. The second kappa shape index (κ2) is 9.60. The van der Waals surface area contributed by atoms with Crippen LogP contribution in [0.1, 0.15) is 10.4 Å². The Hall–Kier alpha value is -3.16. The molecule has 1 heterocycles. The highest BCUT2D eigenvalue weighted by molar-refractivity contribution is 7.92. The molecule has 0 spiro atoms. The lowest BCUT2D eigenvalue weighted by molar-refractivity contribution is 0.0998. The van der Waals surface area contributed by atoms with Crippen molar-refractivity contribution in [2.75, 3.05) is 4.72 Å². The molecule has 0 saturated carbocycles. The van der Waals surface area contributed by atoms with Gasteiger partial charge in [0.05, 0.1) is 31.7 Å². The molecule has 11 heteroatoms. The fourth-order valence-corrected chi connectivity index (χ4v) is 5.82. The Morgan fingerprint density at radius 3 is 2.53 bits per heavy atom. The summed E-state index contributed by atoms with van der Waals surface area (Å²) in [4.78, 5) is 17.3. The summed E-state index contributed by atoms with van der Waals surface area (Å²) in [6.07, 6.45) is 5.49. The van der Waals surface area contributed by atoms with Gasteiger partial charge >= 0.3 is 0 Å². The lowest BCUT2D eigenvalue weighted by atomic mass is 10.2. The van der Waals surface area contributed by atoms with E-state index in [2.05, 4.69) is 15.6 Å². The van der Waals surface area contributed by atoms with Gasteiger partial charge in [-0.3, -0.25) is 9.52 Å². The Morgan fingerprint density at radius 2 is 1.82 bits per heavy atom. The molecule has 172 valence electrons. The summed E-state index contributed by atoms with van der Waals surface area (Å²) in [5.41, 5.74) is 0.856. The molecular formula is C23H14Cl2FN3O3S2. The molecule has 0 radical (unpaired) electrons. The molecule has 0 unspecified atom stereocenters. The van der Waals surface area contributed by atoms with Crippen molar-refractivity contribution in [2.24, 2.45) is 4.99 Å². The lowest BCUT2D eigenvalue weighted by Crippen LogP contribution is -2.17. The summed E-state index contributed by atoms with van der Waals surface area (Å²) >= 11 is 13.8. The summed E-state index contributed by atoms with van der Waals surface area (Å²) in [5.74, 6) is 1.34. The van der Waals surface area contributed by atoms with Crippen molar-refractivity contribution in [1.82, 2.24) is 4.57 Å². The highest BCUT2D eigenvalue weighted by atomic mass is 35.5. The maximum absolute atomic E-state index is 13.1. The summed E-state index contributed by atoms with van der Waals surface area (Å²) in [5, 5.41) is 0.860. The van der Waals surface area contributed by atoms with Gasteiger partial charge in [-0.15, -0.1) is 6.42 Å². The number of halogens is 3. The number of aromatic nitrogens is 1. The van der Waals surface area contributed by atoms with Crippen molar-refractivity contribution in [2.45, 2.75) is 11.4 Å². The van der Waals surface area contributed by atoms with Crippen LogP contribution in [0.4, 0.5) is 10.1 Å². The van der Waals surface area contributed by atoms with Crippen LogP contribution >= 0.6 is 34.5 Å². The van der Waals surface area contributed by atoms with Gasteiger partial charge < -0.3 is 4.57 Å². The average Bonchev–Trinajstić information content (AvgIpc) is 3.16. The fourth-order valence-electron chi connectivity index (χ4n) is 3.13. The van der Waals surface area contributed by atoms with Crippen molar-refractivity contribution in [3.63, 3.8) is 0 Å². The van der Waals surface area contributed by atoms with E-state index in [1.807, 2.05) is 0 Å². The quantitative estimate of drug-likeness (QED) is 0.352. The largest absolute Gasteiger partial charge is 0.303 e. The molecule has 0 aliphatic carbocycles. The van der Waals surface area contributed by atoms with Crippen molar-refractivity contribution >= 4 is 66.4 Å². The number of rotatable bonds is 5. The molecule has 1 N–H and O–H groups in total. The van der Waals surface area contributed by atoms with E-state index >= 15 is 0 Å². The number of sulfonamides is 1. The van der Waals surface area contributed by atoms with Crippen molar-refractivity contribution in [1.29, 1.82) is 0 Å². The van der Waals surface area contributed by atoms with Gasteiger partial charge in [0.2, 0.25) is 0 Å².